The van der Waals surface area contributed by atoms with Crippen LogP contribution in [0, 0.1) is 0 Å². The predicted octanol–water partition coefficient (Wildman–Crippen LogP) is 23.6. The van der Waals surface area contributed by atoms with Gasteiger partial charge in [-0.05, 0) is 44.9 Å². The van der Waals surface area contributed by atoms with Crippen LogP contribution in [0.25, 0.3) is 0 Å². The van der Waals surface area contributed by atoms with Gasteiger partial charge in [0.1, 0.15) is 13.2 Å². The lowest BCUT2D eigenvalue weighted by Gasteiger charge is -2.18. The molecule has 0 aromatic heterocycles. The minimum Gasteiger partial charge on any atom is -0.462 e. The third-order valence-corrected chi connectivity index (χ3v) is 16.0. The number of unbranched alkanes of at least 4 members (excludes halogenated alkanes) is 52. The first kappa shape index (κ1) is 74.2. The van der Waals surface area contributed by atoms with Gasteiger partial charge in [-0.25, -0.2) is 0 Å². The molecule has 0 saturated carbocycles. The topological polar surface area (TPSA) is 78.9 Å². The van der Waals surface area contributed by atoms with Gasteiger partial charge in [-0.1, -0.05) is 348 Å². The van der Waals surface area contributed by atoms with Crippen molar-refractivity contribution in [3.05, 3.63) is 12.2 Å². The van der Waals surface area contributed by atoms with E-state index in [0.717, 1.165) is 57.8 Å². The van der Waals surface area contributed by atoms with Crippen molar-refractivity contribution in [2.75, 3.05) is 13.2 Å². The number of rotatable bonds is 65. The highest BCUT2D eigenvalue weighted by Crippen LogP contribution is 2.19. The fourth-order valence-corrected chi connectivity index (χ4v) is 10.8. The molecule has 0 rings (SSSR count). The molecular formula is C70H134O6. The van der Waals surface area contributed by atoms with Crippen LogP contribution in [-0.4, -0.2) is 37.2 Å². The van der Waals surface area contributed by atoms with Gasteiger partial charge in [0.25, 0.3) is 0 Å². The molecular weight excluding hydrogens is 937 g/mol. The zero-order valence-electron chi connectivity index (χ0n) is 51.8. The molecule has 0 aromatic rings. The van der Waals surface area contributed by atoms with Gasteiger partial charge in [-0.15, -0.1) is 0 Å². The highest BCUT2D eigenvalue weighted by atomic mass is 16.6. The minimum atomic E-state index is -0.764. The maximum atomic E-state index is 12.9. The van der Waals surface area contributed by atoms with Crippen LogP contribution in [0.3, 0.4) is 0 Å². The molecule has 0 aromatic carbocycles. The molecule has 0 amide bonds. The molecule has 0 N–H and O–H groups in total. The summed E-state index contributed by atoms with van der Waals surface area (Å²) in [6.07, 6.45) is 78.2. The van der Waals surface area contributed by atoms with Crippen LogP contribution in [0.4, 0.5) is 0 Å². The molecule has 0 saturated heterocycles. The molecule has 450 valence electrons. The van der Waals surface area contributed by atoms with Crippen LogP contribution in [0.2, 0.25) is 0 Å². The van der Waals surface area contributed by atoms with Crippen LogP contribution < -0.4 is 0 Å². The standard InChI is InChI=1S/C70H134O6/c1-4-7-10-13-16-19-22-24-26-28-30-31-32-33-34-35-36-37-38-39-40-42-43-45-48-51-54-57-60-63-69(72)75-66-67(65-74-68(71)62-59-56-53-50-47-21-18-15-12-9-6-3)76-70(73)64-61-58-55-52-49-46-44-41-29-27-25-23-20-17-14-11-8-5-2/h28,30,67H,4-27,29,31-66H2,1-3H3/b30-28-. The van der Waals surface area contributed by atoms with Crippen molar-refractivity contribution in [3.63, 3.8) is 0 Å². The van der Waals surface area contributed by atoms with E-state index in [-0.39, 0.29) is 31.1 Å². The first-order valence-corrected chi connectivity index (χ1v) is 34.7. The number of carbonyl (C=O) groups excluding carboxylic acids is 3. The summed E-state index contributed by atoms with van der Waals surface area (Å²) in [5.41, 5.74) is 0. The van der Waals surface area contributed by atoms with E-state index in [1.807, 2.05) is 0 Å². The highest BCUT2D eigenvalue weighted by molar-refractivity contribution is 5.71. The Morgan fingerprint density at radius 1 is 0.250 bits per heavy atom. The van der Waals surface area contributed by atoms with E-state index in [1.54, 1.807) is 0 Å². The molecule has 0 aliphatic rings. The molecule has 0 aliphatic carbocycles. The van der Waals surface area contributed by atoms with Crippen LogP contribution in [0.1, 0.15) is 400 Å². The maximum Gasteiger partial charge on any atom is 0.306 e. The fourth-order valence-electron chi connectivity index (χ4n) is 10.8. The van der Waals surface area contributed by atoms with E-state index in [0.29, 0.717) is 19.3 Å². The van der Waals surface area contributed by atoms with Crippen molar-refractivity contribution >= 4 is 17.9 Å². The van der Waals surface area contributed by atoms with Crippen molar-refractivity contribution in [2.45, 2.75) is 406 Å². The maximum absolute atomic E-state index is 12.9. The molecule has 0 spiro atoms. The number of hydrogen-bond acceptors (Lipinski definition) is 6. The van der Waals surface area contributed by atoms with Gasteiger partial charge in [-0.3, -0.25) is 14.4 Å². The lowest BCUT2D eigenvalue weighted by molar-refractivity contribution is -0.167. The zero-order chi connectivity index (χ0) is 55.0. The molecule has 6 nitrogen and oxygen atoms in total. The molecule has 1 unspecified atom stereocenters. The summed E-state index contributed by atoms with van der Waals surface area (Å²) in [5.74, 6) is -0.829. The van der Waals surface area contributed by atoms with Crippen LogP contribution in [0.5, 0.6) is 0 Å². The second-order valence-electron chi connectivity index (χ2n) is 23.8. The molecule has 76 heavy (non-hydrogen) atoms. The summed E-state index contributed by atoms with van der Waals surface area (Å²) in [6.45, 7) is 6.72. The van der Waals surface area contributed by atoms with Crippen molar-refractivity contribution in [1.29, 1.82) is 0 Å². The Kier molecular flexibility index (Phi) is 64.1. The Labute approximate surface area is 475 Å². The first-order chi connectivity index (χ1) is 37.5. The van der Waals surface area contributed by atoms with E-state index in [1.165, 1.54) is 302 Å². The lowest BCUT2D eigenvalue weighted by Crippen LogP contribution is -2.30. The second-order valence-corrected chi connectivity index (χ2v) is 23.8. The Balaban J connectivity index is 4.11. The summed E-state index contributed by atoms with van der Waals surface area (Å²) >= 11 is 0. The smallest absolute Gasteiger partial charge is 0.306 e. The van der Waals surface area contributed by atoms with Crippen molar-refractivity contribution < 1.29 is 28.6 Å². The average molecular weight is 1070 g/mol. The summed E-state index contributed by atoms with van der Waals surface area (Å²) in [4.78, 5) is 38.3. The Hall–Kier alpha value is -1.85. The molecule has 0 bridgehead atoms. The monoisotopic (exact) mass is 1070 g/mol. The van der Waals surface area contributed by atoms with E-state index in [9.17, 15) is 14.4 Å². The Bertz CT molecular complexity index is 1180. The van der Waals surface area contributed by atoms with Crippen LogP contribution in [-0.2, 0) is 28.6 Å². The summed E-state index contributed by atoms with van der Waals surface area (Å²) < 4.78 is 17.0. The Morgan fingerprint density at radius 2 is 0.434 bits per heavy atom. The van der Waals surface area contributed by atoms with Gasteiger partial charge in [0, 0.05) is 19.3 Å². The van der Waals surface area contributed by atoms with Crippen LogP contribution in [0.15, 0.2) is 12.2 Å². The van der Waals surface area contributed by atoms with Gasteiger partial charge in [-0.2, -0.15) is 0 Å². The van der Waals surface area contributed by atoms with Gasteiger partial charge < -0.3 is 14.2 Å². The lowest BCUT2D eigenvalue weighted by atomic mass is 10.0. The van der Waals surface area contributed by atoms with Gasteiger partial charge >= 0.3 is 17.9 Å². The average Bonchev–Trinajstić information content (AvgIpc) is 3.42. The van der Waals surface area contributed by atoms with E-state index in [4.69, 9.17) is 14.2 Å². The molecule has 0 radical (unpaired) electrons. The van der Waals surface area contributed by atoms with E-state index >= 15 is 0 Å². The minimum absolute atomic E-state index is 0.0623. The van der Waals surface area contributed by atoms with Gasteiger partial charge in [0.2, 0.25) is 0 Å². The predicted molar refractivity (Wildman–Crippen MR) is 330 cm³/mol. The Morgan fingerprint density at radius 3 is 0.658 bits per heavy atom. The normalized spacial score (nSPS) is 12.0. The third kappa shape index (κ3) is 63.0. The van der Waals surface area contributed by atoms with Crippen molar-refractivity contribution in [2.24, 2.45) is 0 Å². The summed E-state index contributed by atoms with van der Waals surface area (Å²) in [6, 6.07) is 0. The van der Waals surface area contributed by atoms with Gasteiger partial charge in [0.15, 0.2) is 6.10 Å². The molecule has 6 heteroatoms. The van der Waals surface area contributed by atoms with E-state index in [2.05, 4.69) is 32.9 Å². The SMILES string of the molecule is CCCCCCCCCC/C=C\CCCCCCCCCCCCCCCCCCCC(=O)OCC(COC(=O)CCCCCCCCCCCCC)OC(=O)CCCCCCCCCCCCCCCCCCCC. The third-order valence-electron chi connectivity index (χ3n) is 16.0. The molecule has 0 fully saturated rings. The quantitative estimate of drug-likeness (QED) is 0.0261. The fraction of sp³-hybridized carbons (Fsp3) is 0.929. The van der Waals surface area contributed by atoms with E-state index < -0.39 is 6.10 Å². The molecule has 0 aliphatic heterocycles. The molecule has 1 atom stereocenters. The largest absolute Gasteiger partial charge is 0.462 e. The van der Waals surface area contributed by atoms with Gasteiger partial charge in [0.05, 0.1) is 0 Å². The second kappa shape index (κ2) is 65.7. The number of ether oxygens (including phenoxy) is 3. The number of allylic oxidation sites excluding steroid dienone is 2. The highest BCUT2D eigenvalue weighted by Gasteiger charge is 2.19. The summed E-state index contributed by atoms with van der Waals surface area (Å²) in [7, 11) is 0. The number of hydrogen-bond donors (Lipinski definition) is 0. The number of esters is 3. The van der Waals surface area contributed by atoms with Crippen molar-refractivity contribution in [3.8, 4) is 0 Å². The molecule has 0 heterocycles. The van der Waals surface area contributed by atoms with Crippen molar-refractivity contribution in [1.82, 2.24) is 0 Å². The first-order valence-electron chi connectivity index (χ1n) is 34.7. The zero-order valence-corrected chi connectivity index (χ0v) is 51.8. The van der Waals surface area contributed by atoms with Crippen LogP contribution >= 0.6 is 0 Å². The number of carbonyl (C=O) groups is 3. The summed E-state index contributed by atoms with van der Waals surface area (Å²) in [5, 5.41) is 0.